The Kier molecular flexibility index (Phi) is 5.19. The van der Waals surface area contributed by atoms with Crippen LogP contribution in [0.2, 0.25) is 5.02 Å². The zero-order valence-electron chi connectivity index (χ0n) is 15.4. The maximum atomic E-state index is 12.3. The lowest BCUT2D eigenvalue weighted by molar-refractivity contribution is -0.113. The van der Waals surface area contributed by atoms with E-state index in [1.165, 1.54) is 11.8 Å². The number of hydrogen-bond donors (Lipinski definition) is 1. The summed E-state index contributed by atoms with van der Waals surface area (Å²) < 4.78 is 2.11. The molecule has 1 amide bonds. The Morgan fingerprint density at radius 3 is 2.82 bits per heavy atom. The van der Waals surface area contributed by atoms with Crippen LogP contribution in [0.3, 0.4) is 0 Å². The largest absolute Gasteiger partial charge is 0.325 e. The van der Waals surface area contributed by atoms with Crippen molar-refractivity contribution in [1.82, 2.24) is 19.7 Å². The molecule has 2 aromatic carbocycles. The molecule has 4 rings (SSSR count). The fourth-order valence-electron chi connectivity index (χ4n) is 3.15. The first-order chi connectivity index (χ1) is 13.6. The first kappa shape index (κ1) is 18.7. The van der Waals surface area contributed by atoms with Gasteiger partial charge in [0.25, 0.3) is 0 Å². The minimum Gasteiger partial charge on any atom is -0.325 e. The van der Waals surface area contributed by atoms with Crippen molar-refractivity contribution in [1.29, 1.82) is 0 Å². The van der Waals surface area contributed by atoms with Crippen molar-refractivity contribution in [2.24, 2.45) is 0 Å². The third kappa shape index (κ3) is 3.55. The molecule has 28 heavy (non-hydrogen) atoms. The fraction of sp³-hybridized carbons (Fsp3) is 0.200. The predicted molar refractivity (Wildman–Crippen MR) is 114 cm³/mol. The highest BCUT2D eigenvalue weighted by atomic mass is 35.5. The van der Waals surface area contributed by atoms with Crippen LogP contribution >= 0.6 is 23.4 Å². The highest BCUT2D eigenvalue weighted by Crippen LogP contribution is 2.27. The lowest BCUT2D eigenvalue weighted by Crippen LogP contribution is -2.15. The van der Waals surface area contributed by atoms with E-state index in [4.69, 9.17) is 11.6 Å². The number of carbonyl (C=O) groups is 1. The van der Waals surface area contributed by atoms with Gasteiger partial charge in [0.15, 0.2) is 5.65 Å². The zero-order valence-corrected chi connectivity index (χ0v) is 17.0. The summed E-state index contributed by atoms with van der Waals surface area (Å²) in [6, 6.07) is 13.4. The van der Waals surface area contributed by atoms with Gasteiger partial charge in [0.2, 0.25) is 11.1 Å². The quantitative estimate of drug-likeness (QED) is 0.482. The molecule has 2 aromatic heterocycles. The first-order valence-electron chi connectivity index (χ1n) is 8.87. The molecule has 0 atom stereocenters. The zero-order chi connectivity index (χ0) is 19.7. The van der Waals surface area contributed by atoms with E-state index < -0.39 is 0 Å². The molecule has 0 saturated carbocycles. The maximum absolute atomic E-state index is 12.3. The van der Waals surface area contributed by atoms with Crippen molar-refractivity contribution in [2.75, 3.05) is 11.1 Å². The van der Waals surface area contributed by atoms with Crippen LogP contribution in [0.5, 0.6) is 0 Å². The lowest BCUT2D eigenvalue weighted by atomic mass is 10.2. The number of amides is 1. The summed E-state index contributed by atoms with van der Waals surface area (Å²) in [6.07, 6.45) is 0. The molecule has 1 N–H and O–H groups in total. The molecule has 0 spiro atoms. The molecule has 0 bridgehead atoms. The van der Waals surface area contributed by atoms with Crippen LogP contribution in [0.4, 0.5) is 5.69 Å². The third-order valence-corrected chi connectivity index (χ3v) is 5.54. The summed E-state index contributed by atoms with van der Waals surface area (Å²) >= 11 is 7.22. The number of nitrogens with zero attached hydrogens (tertiary/aromatic N) is 4. The van der Waals surface area contributed by atoms with Gasteiger partial charge in [-0.3, -0.25) is 4.79 Å². The van der Waals surface area contributed by atoms with Crippen molar-refractivity contribution in [3.8, 4) is 0 Å². The highest BCUT2D eigenvalue weighted by molar-refractivity contribution is 7.99. The smallest absolute Gasteiger partial charge is 0.234 e. The minimum atomic E-state index is -0.129. The molecule has 0 radical (unpaired) electrons. The minimum absolute atomic E-state index is 0.129. The molecule has 142 valence electrons. The van der Waals surface area contributed by atoms with E-state index in [1.807, 2.05) is 31.2 Å². The van der Waals surface area contributed by atoms with Crippen LogP contribution in [0.15, 0.2) is 47.6 Å². The van der Waals surface area contributed by atoms with E-state index in [-0.39, 0.29) is 11.7 Å². The SMILES string of the molecule is CCn1c2ccccc2c2nnc(SCC(=O)Nc3ccc(Cl)cc3C)nc21. The summed E-state index contributed by atoms with van der Waals surface area (Å²) in [4.78, 5) is 17.0. The molecule has 0 aliphatic rings. The molecule has 0 saturated heterocycles. The van der Waals surface area contributed by atoms with E-state index in [2.05, 4.69) is 38.1 Å². The molecule has 0 aliphatic heterocycles. The average Bonchev–Trinajstić information content (AvgIpc) is 3.01. The van der Waals surface area contributed by atoms with E-state index >= 15 is 0 Å². The molecule has 0 unspecified atom stereocenters. The predicted octanol–water partition coefficient (Wildman–Crippen LogP) is 4.69. The van der Waals surface area contributed by atoms with Crippen molar-refractivity contribution in [3.63, 3.8) is 0 Å². The first-order valence-corrected chi connectivity index (χ1v) is 10.2. The van der Waals surface area contributed by atoms with Gasteiger partial charge in [-0.2, -0.15) is 0 Å². The molecular weight excluding hydrogens is 394 g/mol. The molecular formula is C20H18ClN5OS. The number of aryl methyl sites for hydroxylation is 2. The molecule has 0 fully saturated rings. The Balaban J connectivity index is 1.53. The van der Waals surface area contributed by atoms with Crippen molar-refractivity contribution >= 4 is 57.0 Å². The second kappa shape index (κ2) is 7.77. The van der Waals surface area contributed by atoms with E-state index in [0.29, 0.717) is 10.2 Å². The number of fused-ring (bicyclic) bond motifs is 3. The Bertz CT molecular complexity index is 1190. The second-order valence-electron chi connectivity index (χ2n) is 6.32. The third-order valence-electron chi connectivity index (χ3n) is 4.47. The van der Waals surface area contributed by atoms with Gasteiger partial charge in [-0.05, 0) is 43.7 Å². The van der Waals surface area contributed by atoms with Gasteiger partial charge in [-0.15, -0.1) is 10.2 Å². The monoisotopic (exact) mass is 411 g/mol. The lowest BCUT2D eigenvalue weighted by Gasteiger charge is -2.08. The highest BCUT2D eigenvalue weighted by Gasteiger charge is 2.14. The number of nitrogens with one attached hydrogen (secondary N) is 1. The molecule has 6 nitrogen and oxygen atoms in total. The van der Waals surface area contributed by atoms with Gasteiger partial charge in [-0.1, -0.05) is 41.6 Å². The normalized spacial score (nSPS) is 11.2. The van der Waals surface area contributed by atoms with Crippen LogP contribution in [0.1, 0.15) is 12.5 Å². The van der Waals surface area contributed by atoms with Gasteiger partial charge >= 0.3 is 0 Å². The number of anilines is 1. The average molecular weight is 412 g/mol. The van der Waals surface area contributed by atoms with Crippen molar-refractivity contribution in [3.05, 3.63) is 53.1 Å². The number of thioether (sulfide) groups is 1. The Labute approximate surface area is 171 Å². The number of hydrogen-bond acceptors (Lipinski definition) is 5. The number of para-hydroxylation sites is 1. The van der Waals surface area contributed by atoms with Crippen LogP contribution in [-0.2, 0) is 11.3 Å². The van der Waals surface area contributed by atoms with Gasteiger partial charge in [-0.25, -0.2) is 4.98 Å². The van der Waals surface area contributed by atoms with Gasteiger partial charge < -0.3 is 9.88 Å². The standard InChI is InChI=1S/C20H18ClN5OS/c1-3-26-16-7-5-4-6-14(16)18-19(26)23-20(25-24-18)28-11-17(27)22-15-9-8-13(21)10-12(15)2/h4-10H,3,11H2,1-2H3,(H,22,27). The van der Waals surface area contributed by atoms with E-state index in [0.717, 1.165) is 39.9 Å². The number of aromatic nitrogens is 4. The summed E-state index contributed by atoms with van der Waals surface area (Å²) in [5.41, 5.74) is 4.31. The van der Waals surface area contributed by atoms with Crippen LogP contribution in [-0.4, -0.2) is 31.4 Å². The molecule has 2 heterocycles. The Morgan fingerprint density at radius 1 is 1.21 bits per heavy atom. The maximum Gasteiger partial charge on any atom is 0.234 e. The van der Waals surface area contributed by atoms with Crippen LogP contribution in [0, 0.1) is 6.92 Å². The Hall–Kier alpha value is -2.64. The van der Waals surface area contributed by atoms with Gasteiger partial charge in [0.1, 0.15) is 5.52 Å². The molecule has 8 heteroatoms. The topological polar surface area (TPSA) is 72.7 Å². The van der Waals surface area contributed by atoms with E-state index in [1.54, 1.807) is 12.1 Å². The Morgan fingerprint density at radius 2 is 2.04 bits per heavy atom. The van der Waals surface area contributed by atoms with E-state index in [9.17, 15) is 4.79 Å². The second-order valence-corrected chi connectivity index (χ2v) is 7.70. The van der Waals surface area contributed by atoms with Gasteiger partial charge in [0, 0.05) is 22.6 Å². The van der Waals surface area contributed by atoms with Crippen molar-refractivity contribution < 1.29 is 4.79 Å². The molecule has 4 aromatic rings. The number of carbonyl (C=O) groups excluding carboxylic acids is 1. The summed E-state index contributed by atoms with van der Waals surface area (Å²) in [5.74, 6) is 0.0666. The summed E-state index contributed by atoms with van der Waals surface area (Å²) in [6.45, 7) is 4.75. The van der Waals surface area contributed by atoms with Crippen LogP contribution < -0.4 is 5.32 Å². The van der Waals surface area contributed by atoms with Gasteiger partial charge in [0.05, 0.1) is 11.3 Å². The number of halogens is 1. The molecule has 0 aliphatic carbocycles. The number of benzene rings is 2. The van der Waals surface area contributed by atoms with Crippen molar-refractivity contribution in [2.45, 2.75) is 25.5 Å². The summed E-state index contributed by atoms with van der Waals surface area (Å²) in [5, 5.41) is 13.6. The van der Waals surface area contributed by atoms with Crippen LogP contribution in [0.25, 0.3) is 22.1 Å². The number of rotatable bonds is 5. The summed E-state index contributed by atoms with van der Waals surface area (Å²) in [7, 11) is 0. The fourth-order valence-corrected chi connectivity index (χ4v) is 3.96.